The zero-order valence-corrected chi connectivity index (χ0v) is 10.9. The molecule has 7 heteroatoms. The molecule has 1 aromatic rings. The Balaban J connectivity index is 2.64. The molecule has 0 spiro atoms. The van der Waals surface area contributed by atoms with Gasteiger partial charge in [0.15, 0.2) is 0 Å². The van der Waals surface area contributed by atoms with Crippen LogP contribution in [-0.4, -0.2) is 35.7 Å². The minimum atomic E-state index is -4.19. The standard InChI is InChI=1S/C12H13ClF3NO2/c1-17(5-4-12(14,15)16)7-9-3-2-8(11(18)19)6-10(9)13/h2-3,6H,4-5,7H2,1H3,(H,18,19). The summed E-state index contributed by atoms with van der Waals surface area (Å²) < 4.78 is 36.2. The molecule has 0 saturated carbocycles. The number of carbonyl (C=O) groups is 1. The Morgan fingerprint density at radius 3 is 2.53 bits per heavy atom. The third kappa shape index (κ3) is 5.48. The van der Waals surface area contributed by atoms with Gasteiger partial charge in [-0.3, -0.25) is 0 Å². The third-order valence-corrected chi connectivity index (χ3v) is 2.87. The van der Waals surface area contributed by atoms with Gasteiger partial charge in [0.25, 0.3) is 0 Å². The number of hydrogen-bond donors (Lipinski definition) is 1. The molecule has 0 aromatic heterocycles. The van der Waals surface area contributed by atoms with Gasteiger partial charge in [-0.05, 0) is 24.7 Å². The number of hydrogen-bond acceptors (Lipinski definition) is 2. The molecule has 3 nitrogen and oxygen atoms in total. The van der Waals surface area contributed by atoms with Crippen LogP contribution in [0.25, 0.3) is 0 Å². The molecule has 0 aliphatic heterocycles. The molecule has 0 heterocycles. The van der Waals surface area contributed by atoms with Crippen molar-refractivity contribution in [1.29, 1.82) is 0 Å². The van der Waals surface area contributed by atoms with Gasteiger partial charge in [0.1, 0.15) is 0 Å². The highest BCUT2D eigenvalue weighted by Crippen LogP contribution is 2.22. The SMILES string of the molecule is CN(CCC(F)(F)F)Cc1ccc(C(=O)O)cc1Cl. The van der Waals surface area contributed by atoms with E-state index in [1.54, 1.807) is 7.05 Å². The zero-order chi connectivity index (χ0) is 14.6. The molecule has 1 N–H and O–H groups in total. The van der Waals surface area contributed by atoms with Crippen LogP contribution in [0.15, 0.2) is 18.2 Å². The van der Waals surface area contributed by atoms with Crippen LogP contribution in [0.2, 0.25) is 5.02 Å². The summed E-state index contributed by atoms with van der Waals surface area (Å²) in [6, 6.07) is 4.17. The summed E-state index contributed by atoms with van der Waals surface area (Å²) in [4.78, 5) is 12.2. The zero-order valence-electron chi connectivity index (χ0n) is 10.2. The van der Waals surface area contributed by atoms with E-state index in [9.17, 15) is 18.0 Å². The molecule has 0 atom stereocenters. The number of halogens is 4. The van der Waals surface area contributed by atoms with Gasteiger partial charge < -0.3 is 10.0 Å². The molecule has 1 aromatic carbocycles. The molecule has 0 radical (unpaired) electrons. The Morgan fingerprint density at radius 1 is 1.42 bits per heavy atom. The molecule has 0 bridgehead atoms. The maximum absolute atomic E-state index is 12.1. The molecule has 0 aliphatic carbocycles. The first-order valence-corrected chi connectivity index (χ1v) is 5.84. The number of alkyl halides is 3. The smallest absolute Gasteiger partial charge is 0.390 e. The number of rotatable bonds is 5. The Morgan fingerprint density at radius 2 is 2.05 bits per heavy atom. The third-order valence-electron chi connectivity index (χ3n) is 2.52. The van der Waals surface area contributed by atoms with E-state index in [0.717, 1.165) is 0 Å². The van der Waals surface area contributed by atoms with Crippen molar-refractivity contribution in [3.63, 3.8) is 0 Å². The van der Waals surface area contributed by atoms with E-state index in [2.05, 4.69) is 0 Å². The van der Waals surface area contributed by atoms with Gasteiger partial charge in [-0.2, -0.15) is 13.2 Å². The summed E-state index contributed by atoms with van der Waals surface area (Å²) in [5, 5.41) is 9.00. The second-order valence-electron chi connectivity index (χ2n) is 4.21. The van der Waals surface area contributed by atoms with E-state index >= 15 is 0 Å². The van der Waals surface area contributed by atoms with Crippen molar-refractivity contribution in [2.45, 2.75) is 19.1 Å². The highest BCUT2D eigenvalue weighted by molar-refractivity contribution is 6.31. The van der Waals surface area contributed by atoms with Crippen molar-refractivity contribution in [1.82, 2.24) is 4.90 Å². The number of carboxylic acid groups (broad SMARTS) is 1. The van der Waals surface area contributed by atoms with Crippen molar-refractivity contribution < 1.29 is 23.1 Å². The molecular weight excluding hydrogens is 283 g/mol. The first-order chi connectivity index (χ1) is 8.69. The molecule has 0 amide bonds. The second-order valence-corrected chi connectivity index (χ2v) is 4.62. The minimum Gasteiger partial charge on any atom is -0.478 e. The molecule has 0 aliphatic rings. The molecule has 1 rings (SSSR count). The number of aromatic carboxylic acids is 1. The minimum absolute atomic E-state index is 0.0479. The summed E-state index contributed by atoms with van der Waals surface area (Å²) in [7, 11) is 1.55. The van der Waals surface area contributed by atoms with E-state index in [4.69, 9.17) is 16.7 Å². The van der Waals surface area contributed by atoms with E-state index in [1.807, 2.05) is 0 Å². The van der Waals surface area contributed by atoms with E-state index in [0.29, 0.717) is 5.56 Å². The lowest BCUT2D eigenvalue weighted by molar-refractivity contribution is -0.137. The Labute approximate surface area is 113 Å². The van der Waals surface area contributed by atoms with Crippen molar-refractivity contribution in [2.75, 3.05) is 13.6 Å². The average Bonchev–Trinajstić information content (AvgIpc) is 2.28. The summed E-state index contributed by atoms with van der Waals surface area (Å²) in [6.07, 6.45) is -5.08. The summed E-state index contributed by atoms with van der Waals surface area (Å²) in [5.41, 5.74) is 0.642. The quantitative estimate of drug-likeness (QED) is 0.905. The first-order valence-electron chi connectivity index (χ1n) is 5.46. The molecule has 106 valence electrons. The highest BCUT2D eigenvalue weighted by Gasteiger charge is 2.27. The Bertz CT molecular complexity index is 463. The van der Waals surface area contributed by atoms with E-state index in [-0.39, 0.29) is 23.7 Å². The fourth-order valence-corrected chi connectivity index (χ4v) is 1.74. The maximum atomic E-state index is 12.1. The van der Waals surface area contributed by atoms with Crippen LogP contribution in [-0.2, 0) is 6.54 Å². The van der Waals surface area contributed by atoms with Gasteiger partial charge in [-0.1, -0.05) is 17.7 Å². The second kappa shape index (κ2) is 6.25. The van der Waals surface area contributed by atoms with Gasteiger partial charge in [0, 0.05) is 18.1 Å². The van der Waals surface area contributed by atoms with Gasteiger partial charge in [-0.25, -0.2) is 4.79 Å². The average molecular weight is 296 g/mol. The van der Waals surface area contributed by atoms with Crippen molar-refractivity contribution in [3.8, 4) is 0 Å². The molecule has 0 saturated heterocycles. The normalized spacial score (nSPS) is 11.9. The van der Waals surface area contributed by atoms with Crippen LogP contribution in [0.4, 0.5) is 13.2 Å². The van der Waals surface area contributed by atoms with Gasteiger partial charge in [0.2, 0.25) is 0 Å². The van der Waals surface area contributed by atoms with Gasteiger partial charge in [0.05, 0.1) is 12.0 Å². The van der Waals surface area contributed by atoms with Crippen molar-refractivity contribution in [2.24, 2.45) is 0 Å². The lowest BCUT2D eigenvalue weighted by atomic mass is 10.1. The fourth-order valence-electron chi connectivity index (χ4n) is 1.50. The number of carboxylic acids is 1. The predicted molar refractivity (Wildman–Crippen MR) is 65.4 cm³/mol. The van der Waals surface area contributed by atoms with Crippen LogP contribution in [0.1, 0.15) is 22.3 Å². The predicted octanol–water partition coefficient (Wildman–Crippen LogP) is 3.42. The highest BCUT2D eigenvalue weighted by atomic mass is 35.5. The fraction of sp³-hybridized carbons (Fsp3) is 0.417. The summed E-state index contributed by atoms with van der Waals surface area (Å²) >= 11 is 5.90. The Hall–Kier alpha value is -1.27. The molecule has 0 fully saturated rings. The lowest BCUT2D eigenvalue weighted by Crippen LogP contribution is -2.24. The molecule has 19 heavy (non-hydrogen) atoms. The molecular formula is C12H13ClF3NO2. The van der Waals surface area contributed by atoms with Crippen LogP contribution in [0.3, 0.4) is 0 Å². The van der Waals surface area contributed by atoms with Crippen LogP contribution in [0.5, 0.6) is 0 Å². The Kier molecular flexibility index (Phi) is 5.20. The van der Waals surface area contributed by atoms with E-state index < -0.39 is 18.6 Å². The molecule has 0 unspecified atom stereocenters. The maximum Gasteiger partial charge on any atom is 0.390 e. The van der Waals surface area contributed by atoms with Gasteiger partial charge >= 0.3 is 12.1 Å². The largest absolute Gasteiger partial charge is 0.478 e. The van der Waals surface area contributed by atoms with Crippen LogP contribution < -0.4 is 0 Å². The number of nitrogens with zero attached hydrogens (tertiary/aromatic N) is 1. The topological polar surface area (TPSA) is 40.5 Å². The van der Waals surface area contributed by atoms with Crippen molar-refractivity contribution in [3.05, 3.63) is 34.3 Å². The van der Waals surface area contributed by atoms with Crippen molar-refractivity contribution >= 4 is 17.6 Å². The van der Waals surface area contributed by atoms with Crippen LogP contribution in [0, 0.1) is 0 Å². The summed E-state index contributed by atoms with van der Waals surface area (Å²) in [6.45, 7) is 0.0926. The van der Waals surface area contributed by atoms with Crippen LogP contribution >= 0.6 is 11.6 Å². The van der Waals surface area contributed by atoms with E-state index in [1.165, 1.54) is 23.1 Å². The van der Waals surface area contributed by atoms with Gasteiger partial charge in [-0.15, -0.1) is 0 Å². The number of benzene rings is 1. The monoisotopic (exact) mass is 295 g/mol. The summed E-state index contributed by atoms with van der Waals surface area (Å²) in [5.74, 6) is -1.10. The lowest BCUT2D eigenvalue weighted by Gasteiger charge is -2.18. The first kappa shape index (κ1) is 15.8.